The number of hydrogen-bond donors (Lipinski definition) is 0. The predicted octanol–water partition coefficient (Wildman–Crippen LogP) is 6.66. The maximum absolute atomic E-state index is 5.94. The molecule has 1 nitrogen and oxygen atoms in total. The Morgan fingerprint density at radius 3 is 1.70 bits per heavy atom. The van der Waals surface area contributed by atoms with Crippen molar-refractivity contribution in [3.8, 4) is 11.5 Å². The molecule has 0 saturated heterocycles. The van der Waals surface area contributed by atoms with Crippen molar-refractivity contribution < 1.29 is 4.74 Å². The maximum Gasteiger partial charge on any atom is 0.127 e. The van der Waals surface area contributed by atoms with Gasteiger partial charge in [0.2, 0.25) is 0 Å². The quantitative estimate of drug-likeness (QED) is 0.530. The molecule has 0 saturated carbocycles. The molecule has 0 aromatic heterocycles. The van der Waals surface area contributed by atoms with Gasteiger partial charge in [-0.15, -0.1) is 0 Å². The van der Waals surface area contributed by atoms with Crippen LogP contribution in [0.3, 0.4) is 0 Å². The Morgan fingerprint density at radius 1 is 0.696 bits per heavy atom. The summed E-state index contributed by atoms with van der Waals surface area (Å²) in [5.41, 5.74) is 2.76. The molecular weight excluding hydrogens is 280 g/mol. The summed E-state index contributed by atoms with van der Waals surface area (Å²) in [6.45, 7) is 9.05. The number of benzene rings is 2. The van der Waals surface area contributed by atoms with Crippen LogP contribution >= 0.6 is 0 Å². The lowest BCUT2D eigenvalue weighted by Crippen LogP contribution is -1.94. The van der Waals surface area contributed by atoms with Gasteiger partial charge in [0.05, 0.1) is 0 Å². The second-order valence-corrected chi connectivity index (χ2v) is 7.27. The van der Waals surface area contributed by atoms with Crippen LogP contribution in [0.25, 0.3) is 0 Å². The highest BCUT2D eigenvalue weighted by molar-refractivity contribution is 5.34. The van der Waals surface area contributed by atoms with Crippen molar-refractivity contribution in [2.75, 3.05) is 0 Å². The molecule has 124 valence electrons. The van der Waals surface area contributed by atoms with E-state index in [1.165, 1.54) is 24.0 Å². The van der Waals surface area contributed by atoms with Crippen LogP contribution in [-0.2, 0) is 12.8 Å². The van der Waals surface area contributed by atoms with Gasteiger partial charge in [0.1, 0.15) is 11.5 Å². The Balaban J connectivity index is 1.87. The van der Waals surface area contributed by atoms with Gasteiger partial charge >= 0.3 is 0 Å². The number of hydrogen-bond acceptors (Lipinski definition) is 1. The average molecular weight is 310 g/mol. The van der Waals surface area contributed by atoms with Gasteiger partial charge in [-0.3, -0.25) is 0 Å². The van der Waals surface area contributed by atoms with Gasteiger partial charge in [-0.25, -0.2) is 0 Å². The first-order valence-corrected chi connectivity index (χ1v) is 8.88. The van der Waals surface area contributed by atoms with Crippen molar-refractivity contribution in [2.24, 2.45) is 11.8 Å². The summed E-state index contributed by atoms with van der Waals surface area (Å²) in [5.74, 6) is 3.29. The third-order valence-corrected chi connectivity index (χ3v) is 3.97. The summed E-state index contributed by atoms with van der Waals surface area (Å²) in [5, 5.41) is 0. The molecule has 0 aliphatic carbocycles. The van der Waals surface area contributed by atoms with Crippen LogP contribution in [0.1, 0.15) is 51.7 Å². The van der Waals surface area contributed by atoms with Gasteiger partial charge in [0, 0.05) is 0 Å². The molecule has 2 rings (SSSR count). The molecule has 0 fully saturated rings. The molecule has 0 aliphatic rings. The summed E-state index contributed by atoms with van der Waals surface area (Å²) in [4.78, 5) is 0. The van der Waals surface area contributed by atoms with Crippen molar-refractivity contribution in [1.29, 1.82) is 0 Å². The molecule has 0 N–H and O–H groups in total. The van der Waals surface area contributed by atoms with E-state index >= 15 is 0 Å². The van der Waals surface area contributed by atoms with Crippen molar-refractivity contribution in [2.45, 2.75) is 53.4 Å². The highest BCUT2D eigenvalue weighted by Crippen LogP contribution is 2.23. The molecule has 2 aromatic rings. The zero-order chi connectivity index (χ0) is 16.7. The van der Waals surface area contributed by atoms with E-state index in [9.17, 15) is 0 Å². The minimum Gasteiger partial charge on any atom is -0.457 e. The van der Waals surface area contributed by atoms with Crippen LogP contribution in [0, 0.1) is 11.8 Å². The maximum atomic E-state index is 5.94. The monoisotopic (exact) mass is 310 g/mol. The summed E-state index contributed by atoms with van der Waals surface area (Å²) in [7, 11) is 0. The fourth-order valence-electron chi connectivity index (χ4n) is 2.74. The topological polar surface area (TPSA) is 9.23 Å². The van der Waals surface area contributed by atoms with Crippen LogP contribution in [0.5, 0.6) is 11.5 Å². The molecule has 2 aromatic carbocycles. The smallest absolute Gasteiger partial charge is 0.127 e. The van der Waals surface area contributed by atoms with Crippen LogP contribution < -0.4 is 4.74 Å². The standard InChI is InChI=1S/C22H30O/c1-17(2)6-5-7-19-8-12-21(13-9-19)23-22-14-10-20(11-15-22)16-18(3)4/h8-15,17-18H,5-7,16H2,1-4H3. The zero-order valence-electron chi connectivity index (χ0n) is 15.0. The van der Waals surface area contributed by atoms with E-state index in [1.807, 2.05) is 0 Å². The largest absolute Gasteiger partial charge is 0.457 e. The Labute approximate surface area is 141 Å². The van der Waals surface area contributed by atoms with Crippen molar-refractivity contribution in [1.82, 2.24) is 0 Å². The van der Waals surface area contributed by atoms with E-state index in [0.29, 0.717) is 5.92 Å². The first-order chi connectivity index (χ1) is 11.0. The molecule has 0 amide bonds. The van der Waals surface area contributed by atoms with E-state index in [-0.39, 0.29) is 0 Å². The number of ether oxygens (including phenoxy) is 1. The lowest BCUT2D eigenvalue weighted by molar-refractivity contribution is 0.482. The van der Waals surface area contributed by atoms with E-state index in [0.717, 1.165) is 30.3 Å². The normalized spacial score (nSPS) is 11.2. The second-order valence-electron chi connectivity index (χ2n) is 7.27. The number of aryl methyl sites for hydroxylation is 1. The lowest BCUT2D eigenvalue weighted by atomic mass is 10.0. The summed E-state index contributed by atoms with van der Waals surface area (Å²) < 4.78 is 5.94. The van der Waals surface area contributed by atoms with Crippen molar-refractivity contribution in [3.63, 3.8) is 0 Å². The molecule has 0 bridgehead atoms. The van der Waals surface area contributed by atoms with Gasteiger partial charge in [-0.2, -0.15) is 0 Å². The fourth-order valence-corrected chi connectivity index (χ4v) is 2.74. The highest BCUT2D eigenvalue weighted by atomic mass is 16.5. The van der Waals surface area contributed by atoms with E-state index < -0.39 is 0 Å². The Hall–Kier alpha value is -1.76. The predicted molar refractivity (Wildman–Crippen MR) is 99.3 cm³/mol. The van der Waals surface area contributed by atoms with Crippen LogP contribution in [0.2, 0.25) is 0 Å². The van der Waals surface area contributed by atoms with Crippen LogP contribution in [0.15, 0.2) is 48.5 Å². The Morgan fingerprint density at radius 2 is 1.22 bits per heavy atom. The number of rotatable bonds is 8. The summed E-state index contributed by atoms with van der Waals surface area (Å²) in [6, 6.07) is 17.0. The van der Waals surface area contributed by atoms with Gasteiger partial charge in [-0.1, -0.05) is 58.4 Å². The van der Waals surface area contributed by atoms with Crippen LogP contribution in [0.4, 0.5) is 0 Å². The SMILES string of the molecule is CC(C)CCCc1ccc(Oc2ccc(CC(C)C)cc2)cc1. The molecule has 0 atom stereocenters. The van der Waals surface area contributed by atoms with Crippen molar-refractivity contribution >= 4 is 0 Å². The molecule has 0 radical (unpaired) electrons. The van der Waals surface area contributed by atoms with Gasteiger partial charge in [-0.05, 0) is 66.5 Å². The van der Waals surface area contributed by atoms with Crippen LogP contribution in [-0.4, -0.2) is 0 Å². The molecular formula is C22H30O. The third kappa shape index (κ3) is 6.48. The average Bonchev–Trinajstić information content (AvgIpc) is 2.50. The zero-order valence-corrected chi connectivity index (χ0v) is 15.0. The minimum atomic E-state index is 0.685. The summed E-state index contributed by atoms with van der Waals surface area (Å²) >= 11 is 0. The third-order valence-electron chi connectivity index (χ3n) is 3.97. The fraction of sp³-hybridized carbons (Fsp3) is 0.455. The molecule has 0 spiro atoms. The minimum absolute atomic E-state index is 0.685. The Kier molecular flexibility index (Phi) is 6.70. The first-order valence-electron chi connectivity index (χ1n) is 8.88. The van der Waals surface area contributed by atoms with Gasteiger partial charge in [0.15, 0.2) is 0 Å². The van der Waals surface area contributed by atoms with E-state index in [1.54, 1.807) is 0 Å². The first kappa shape index (κ1) is 17.6. The molecule has 0 aliphatic heterocycles. The molecule has 0 unspecified atom stereocenters. The van der Waals surface area contributed by atoms with E-state index in [2.05, 4.69) is 76.2 Å². The summed E-state index contributed by atoms with van der Waals surface area (Å²) in [6.07, 6.45) is 4.82. The van der Waals surface area contributed by atoms with Gasteiger partial charge < -0.3 is 4.74 Å². The Bertz CT molecular complexity index is 564. The van der Waals surface area contributed by atoms with Gasteiger partial charge in [0.25, 0.3) is 0 Å². The van der Waals surface area contributed by atoms with E-state index in [4.69, 9.17) is 4.74 Å². The van der Waals surface area contributed by atoms with Crippen molar-refractivity contribution in [3.05, 3.63) is 59.7 Å². The molecule has 0 heterocycles. The second kappa shape index (κ2) is 8.76. The molecule has 23 heavy (non-hydrogen) atoms. The molecule has 1 heteroatoms. The highest BCUT2D eigenvalue weighted by Gasteiger charge is 2.01. The lowest BCUT2D eigenvalue weighted by Gasteiger charge is -2.09.